The molecule has 0 saturated heterocycles. The molecule has 1 aliphatic heterocycles. The first kappa shape index (κ1) is 10.4. The minimum Gasteiger partial charge on any atom is -0.378 e. The number of hydrogen-bond acceptors (Lipinski definition) is 3. The minimum absolute atomic E-state index is 0.416. The monoisotopic (exact) mass is 226 g/mol. The molecule has 82 valence electrons. The van der Waals surface area contributed by atoms with Crippen molar-refractivity contribution in [3.8, 4) is 0 Å². The molecular formula is C10H14N2O2S. The molecule has 0 unspecified atom stereocenters. The van der Waals surface area contributed by atoms with Gasteiger partial charge in [0.2, 0.25) is 10.0 Å². The van der Waals surface area contributed by atoms with Crippen molar-refractivity contribution in [3.05, 3.63) is 23.8 Å². The highest BCUT2D eigenvalue weighted by Crippen LogP contribution is 2.24. The summed E-state index contributed by atoms with van der Waals surface area (Å²) < 4.78 is 25.8. The first-order valence-electron chi connectivity index (χ1n) is 4.80. The van der Waals surface area contributed by atoms with Crippen molar-refractivity contribution in [2.75, 3.05) is 25.5 Å². The van der Waals surface area contributed by atoms with E-state index in [1.54, 1.807) is 6.07 Å². The maximum Gasteiger partial charge on any atom is 0.240 e. The zero-order valence-electron chi connectivity index (χ0n) is 8.82. The van der Waals surface area contributed by atoms with E-state index >= 15 is 0 Å². The number of fused-ring (bicyclic) bond motifs is 1. The van der Waals surface area contributed by atoms with Crippen molar-refractivity contribution in [1.29, 1.82) is 0 Å². The zero-order valence-corrected chi connectivity index (χ0v) is 9.63. The van der Waals surface area contributed by atoms with Gasteiger partial charge in [-0.3, -0.25) is 0 Å². The van der Waals surface area contributed by atoms with Crippen LogP contribution in [0, 0.1) is 0 Å². The molecule has 0 bridgehead atoms. The molecule has 0 saturated carbocycles. The van der Waals surface area contributed by atoms with E-state index in [-0.39, 0.29) is 0 Å². The maximum absolute atomic E-state index is 11.6. The van der Waals surface area contributed by atoms with Crippen molar-refractivity contribution in [1.82, 2.24) is 4.72 Å². The number of nitrogens with zero attached hydrogens (tertiary/aromatic N) is 1. The minimum atomic E-state index is -3.25. The Kier molecular flexibility index (Phi) is 2.44. The zero-order chi connectivity index (χ0) is 11.1. The fourth-order valence-corrected chi connectivity index (χ4v) is 2.98. The van der Waals surface area contributed by atoms with E-state index in [1.807, 2.05) is 31.1 Å². The molecular weight excluding hydrogens is 212 g/mol. The maximum atomic E-state index is 11.6. The lowest BCUT2D eigenvalue weighted by molar-refractivity contribution is 0.573. The smallest absolute Gasteiger partial charge is 0.240 e. The van der Waals surface area contributed by atoms with Crippen LogP contribution in [0.1, 0.15) is 5.56 Å². The van der Waals surface area contributed by atoms with Gasteiger partial charge in [-0.2, -0.15) is 0 Å². The first-order chi connectivity index (χ1) is 7.00. The molecule has 1 aromatic rings. The van der Waals surface area contributed by atoms with Crippen LogP contribution in [-0.4, -0.2) is 29.1 Å². The average Bonchev–Trinajstić information content (AvgIpc) is 2.16. The van der Waals surface area contributed by atoms with Gasteiger partial charge in [0.15, 0.2) is 0 Å². The second kappa shape index (κ2) is 3.50. The Balaban J connectivity index is 2.55. The number of anilines is 1. The molecule has 0 aliphatic carbocycles. The van der Waals surface area contributed by atoms with Gasteiger partial charge in [-0.05, 0) is 30.2 Å². The Morgan fingerprint density at radius 3 is 2.73 bits per heavy atom. The summed E-state index contributed by atoms with van der Waals surface area (Å²) in [6.45, 7) is 0.492. The molecule has 0 amide bonds. The molecule has 1 aliphatic rings. The normalized spacial score (nSPS) is 18.3. The molecule has 0 radical (unpaired) electrons. The third kappa shape index (κ3) is 1.85. The highest BCUT2D eigenvalue weighted by Gasteiger charge is 2.22. The van der Waals surface area contributed by atoms with E-state index in [2.05, 4.69) is 4.72 Å². The summed E-state index contributed by atoms with van der Waals surface area (Å²) in [7, 11) is 0.631. The summed E-state index contributed by atoms with van der Waals surface area (Å²) in [6, 6.07) is 5.43. The first-order valence-corrected chi connectivity index (χ1v) is 6.29. The van der Waals surface area contributed by atoms with Crippen LogP contribution in [0.15, 0.2) is 23.1 Å². The second-order valence-corrected chi connectivity index (χ2v) is 5.57. The van der Waals surface area contributed by atoms with E-state index in [0.717, 1.165) is 17.7 Å². The topological polar surface area (TPSA) is 49.4 Å². The Labute approximate surface area is 90.0 Å². The average molecular weight is 226 g/mol. The van der Waals surface area contributed by atoms with Crippen molar-refractivity contribution >= 4 is 15.7 Å². The molecule has 15 heavy (non-hydrogen) atoms. The van der Waals surface area contributed by atoms with E-state index < -0.39 is 10.0 Å². The molecule has 1 aromatic carbocycles. The summed E-state index contributed by atoms with van der Waals surface area (Å²) in [5.41, 5.74) is 1.94. The van der Waals surface area contributed by atoms with Gasteiger partial charge >= 0.3 is 0 Å². The lowest BCUT2D eigenvalue weighted by Crippen LogP contribution is -2.31. The van der Waals surface area contributed by atoms with E-state index in [1.165, 1.54) is 0 Å². The second-order valence-electron chi connectivity index (χ2n) is 3.83. The summed E-state index contributed by atoms with van der Waals surface area (Å²) in [5, 5.41) is 0. The Bertz CT molecular complexity index is 480. The fourth-order valence-electron chi connectivity index (χ4n) is 1.70. The number of hydrogen-bond donors (Lipinski definition) is 1. The SMILES string of the molecule is CN(C)c1ccc2c(c1)CCNS2(=O)=O. The van der Waals surface area contributed by atoms with E-state index in [9.17, 15) is 8.42 Å². The predicted octanol–water partition coefficient (Wildman–Crippen LogP) is 0.587. The van der Waals surface area contributed by atoms with Crippen LogP contribution in [0.25, 0.3) is 0 Å². The van der Waals surface area contributed by atoms with Gasteiger partial charge in [0, 0.05) is 26.3 Å². The van der Waals surface area contributed by atoms with Gasteiger partial charge in [-0.25, -0.2) is 13.1 Å². The van der Waals surface area contributed by atoms with Gasteiger partial charge in [-0.1, -0.05) is 0 Å². The van der Waals surface area contributed by atoms with Gasteiger partial charge in [0.25, 0.3) is 0 Å². The van der Waals surface area contributed by atoms with Crippen LogP contribution >= 0.6 is 0 Å². The highest BCUT2D eigenvalue weighted by molar-refractivity contribution is 7.89. The summed E-state index contributed by atoms with van der Waals surface area (Å²) >= 11 is 0. The number of rotatable bonds is 1. The molecule has 4 nitrogen and oxygen atoms in total. The third-order valence-corrected chi connectivity index (χ3v) is 4.10. The van der Waals surface area contributed by atoms with Crippen molar-refractivity contribution in [2.24, 2.45) is 0 Å². The largest absolute Gasteiger partial charge is 0.378 e. The van der Waals surface area contributed by atoms with Crippen molar-refractivity contribution in [3.63, 3.8) is 0 Å². The van der Waals surface area contributed by atoms with Crippen LogP contribution < -0.4 is 9.62 Å². The van der Waals surface area contributed by atoms with Crippen LogP contribution in [0.3, 0.4) is 0 Å². The fraction of sp³-hybridized carbons (Fsp3) is 0.400. The molecule has 5 heteroatoms. The van der Waals surface area contributed by atoms with E-state index in [0.29, 0.717) is 11.4 Å². The molecule has 0 atom stereocenters. The van der Waals surface area contributed by atoms with Crippen LogP contribution in [-0.2, 0) is 16.4 Å². The van der Waals surface area contributed by atoms with Crippen LogP contribution in [0.4, 0.5) is 5.69 Å². The van der Waals surface area contributed by atoms with Crippen LogP contribution in [0.5, 0.6) is 0 Å². The predicted molar refractivity (Wildman–Crippen MR) is 59.7 cm³/mol. The quantitative estimate of drug-likeness (QED) is 0.762. The number of sulfonamides is 1. The summed E-state index contributed by atoms with van der Waals surface area (Å²) in [5.74, 6) is 0. The highest BCUT2D eigenvalue weighted by atomic mass is 32.2. The third-order valence-electron chi connectivity index (χ3n) is 2.54. The summed E-state index contributed by atoms with van der Waals surface area (Å²) in [4.78, 5) is 2.38. The molecule has 1 heterocycles. The Morgan fingerprint density at radius 2 is 2.07 bits per heavy atom. The molecule has 0 fully saturated rings. The van der Waals surface area contributed by atoms with E-state index in [4.69, 9.17) is 0 Å². The standard InChI is InChI=1S/C10H14N2O2S/c1-12(2)9-3-4-10-8(7-9)5-6-11-15(10,13)14/h3-4,7,11H,5-6H2,1-2H3. The van der Waals surface area contributed by atoms with Crippen LogP contribution in [0.2, 0.25) is 0 Å². The Morgan fingerprint density at radius 1 is 1.33 bits per heavy atom. The van der Waals surface area contributed by atoms with Crippen molar-refractivity contribution in [2.45, 2.75) is 11.3 Å². The van der Waals surface area contributed by atoms with Gasteiger partial charge in [-0.15, -0.1) is 0 Å². The molecule has 0 spiro atoms. The molecule has 2 rings (SSSR count). The van der Waals surface area contributed by atoms with Gasteiger partial charge in [0.05, 0.1) is 4.90 Å². The molecule has 1 N–H and O–H groups in total. The lowest BCUT2D eigenvalue weighted by atomic mass is 10.1. The number of nitrogens with one attached hydrogen (secondary N) is 1. The number of benzene rings is 1. The Hall–Kier alpha value is -1.07. The van der Waals surface area contributed by atoms with Crippen molar-refractivity contribution < 1.29 is 8.42 Å². The lowest BCUT2D eigenvalue weighted by Gasteiger charge is -2.20. The summed E-state index contributed by atoms with van der Waals surface area (Å²) in [6.07, 6.45) is 0.760. The van der Waals surface area contributed by atoms with Gasteiger partial charge < -0.3 is 4.90 Å². The molecule has 0 aromatic heterocycles. The van der Waals surface area contributed by atoms with Gasteiger partial charge in [0.1, 0.15) is 0 Å².